The van der Waals surface area contributed by atoms with Gasteiger partial charge in [-0.05, 0) is 24.6 Å². The largest absolute Gasteiger partial charge is 0.497 e. The van der Waals surface area contributed by atoms with E-state index in [1.165, 1.54) is 0 Å². The normalized spacial score (nSPS) is 19.9. The van der Waals surface area contributed by atoms with Crippen molar-refractivity contribution >= 4 is 0 Å². The summed E-state index contributed by atoms with van der Waals surface area (Å²) in [6.07, 6.45) is 1.40. The zero-order chi connectivity index (χ0) is 13.7. The van der Waals surface area contributed by atoms with E-state index in [4.69, 9.17) is 9.47 Å². The Morgan fingerprint density at radius 1 is 1.42 bits per heavy atom. The molecule has 1 saturated heterocycles. The fourth-order valence-corrected chi connectivity index (χ4v) is 2.30. The number of rotatable bonds is 5. The third-order valence-corrected chi connectivity index (χ3v) is 3.75. The van der Waals surface area contributed by atoms with E-state index >= 15 is 0 Å². The third kappa shape index (κ3) is 3.93. The zero-order valence-electron chi connectivity index (χ0n) is 11.7. The van der Waals surface area contributed by atoms with Crippen molar-refractivity contribution < 1.29 is 14.6 Å². The number of hydrogen-bond donors (Lipinski definition) is 2. The lowest BCUT2D eigenvalue weighted by atomic mass is 9.94. The second-order valence-electron chi connectivity index (χ2n) is 5.22. The lowest BCUT2D eigenvalue weighted by Crippen LogP contribution is -2.45. The van der Waals surface area contributed by atoms with Crippen LogP contribution in [0.5, 0.6) is 5.75 Å². The van der Waals surface area contributed by atoms with Gasteiger partial charge in [-0.3, -0.25) is 0 Å². The summed E-state index contributed by atoms with van der Waals surface area (Å²) < 4.78 is 10.5. The van der Waals surface area contributed by atoms with Crippen LogP contribution in [0.1, 0.15) is 31.4 Å². The van der Waals surface area contributed by atoms with Gasteiger partial charge in [0, 0.05) is 38.6 Å². The molecule has 1 fully saturated rings. The van der Waals surface area contributed by atoms with Gasteiger partial charge in [0.15, 0.2) is 0 Å². The van der Waals surface area contributed by atoms with E-state index in [2.05, 4.69) is 18.3 Å². The molecule has 2 N–H and O–H groups in total. The summed E-state index contributed by atoms with van der Waals surface area (Å²) in [6.45, 7) is 3.98. The number of ether oxygens (including phenoxy) is 2. The summed E-state index contributed by atoms with van der Waals surface area (Å²) in [5.41, 5.74) is 0.528. The minimum absolute atomic E-state index is 0.182. The van der Waals surface area contributed by atoms with E-state index < -0.39 is 5.60 Å². The van der Waals surface area contributed by atoms with Crippen LogP contribution < -0.4 is 10.1 Å². The number of methoxy groups -OCH3 is 1. The molecule has 1 aliphatic rings. The van der Waals surface area contributed by atoms with Crippen molar-refractivity contribution in [3.05, 3.63) is 29.8 Å². The minimum atomic E-state index is -0.634. The van der Waals surface area contributed by atoms with Gasteiger partial charge in [-0.25, -0.2) is 0 Å². The number of benzene rings is 1. The summed E-state index contributed by atoms with van der Waals surface area (Å²) in [5, 5.41) is 13.8. The molecule has 0 aromatic heterocycles. The van der Waals surface area contributed by atoms with Crippen molar-refractivity contribution in [2.75, 3.05) is 26.9 Å². The number of nitrogens with one attached hydrogen (secondary N) is 1. The lowest BCUT2D eigenvalue weighted by molar-refractivity contribution is -0.0626. The average Bonchev–Trinajstić information content (AvgIpc) is 2.46. The maximum atomic E-state index is 10.4. The highest BCUT2D eigenvalue weighted by Gasteiger charge is 2.29. The monoisotopic (exact) mass is 265 g/mol. The highest BCUT2D eigenvalue weighted by atomic mass is 16.5. The fourth-order valence-electron chi connectivity index (χ4n) is 2.30. The average molecular weight is 265 g/mol. The molecular formula is C15H23NO3. The van der Waals surface area contributed by atoms with Gasteiger partial charge in [0.25, 0.3) is 0 Å². The standard InChI is InChI=1S/C15H23NO3/c1-12(13-4-3-5-14(10-13)18-2)16-11-15(17)6-8-19-9-7-15/h3-5,10,12,16-17H,6-9,11H2,1-2H3. The molecule has 0 radical (unpaired) electrons. The van der Waals surface area contributed by atoms with E-state index in [1.54, 1.807) is 7.11 Å². The topological polar surface area (TPSA) is 50.7 Å². The van der Waals surface area contributed by atoms with Gasteiger partial charge in [-0.1, -0.05) is 12.1 Å². The Balaban J connectivity index is 1.91. The molecule has 4 nitrogen and oxygen atoms in total. The highest BCUT2D eigenvalue weighted by molar-refractivity contribution is 5.30. The van der Waals surface area contributed by atoms with Crippen molar-refractivity contribution in [3.63, 3.8) is 0 Å². The Kier molecular flexibility index (Phi) is 4.80. The van der Waals surface area contributed by atoms with Crippen LogP contribution in [0.4, 0.5) is 0 Å². The van der Waals surface area contributed by atoms with Gasteiger partial charge < -0.3 is 19.9 Å². The summed E-state index contributed by atoms with van der Waals surface area (Å²) in [5.74, 6) is 0.857. The van der Waals surface area contributed by atoms with Crippen LogP contribution in [0.3, 0.4) is 0 Å². The molecule has 1 atom stereocenters. The van der Waals surface area contributed by atoms with Crippen LogP contribution in [0.25, 0.3) is 0 Å². The smallest absolute Gasteiger partial charge is 0.119 e. The van der Waals surface area contributed by atoms with E-state index in [9.17, 15) is 5.11 Å². The van der Waals surface area contributed by atoms with Gasteiger partial charge in [-0.2, -0.15) is 0 Å². The fraction of sp³-hybridized carbons (Fsp3) is 0.600. The molecule has 1 aromatic carbocycles. The Bertz CT molecular complexity index is 402. The molecule has 19 heavy (non-hydrogen) atoms. The van der Waals surface area contributed by atoms with E-state index in [-0.39, 0.29) is 6.04 Å². The quantitative estimate of drug-likeness (QED) is 0.853. The first-order valence-electron chi connectivity index (χ1n) is 6.80. The van der Waals surface area contributed by atoms with Gasteiger partial charge in [0.05, 0.1) is 12.7 Å². The third-order valence-electron chi connectivity index (χ3n) is 3.75. The van der Waals surface area contributed by atoms with Crippen molar-refractivity contribution in [1.29, 1.82) is 0 Å². The first kappa shape index (κ1) is 14.3. The molecule has 1 heterocycles. The maximum Gasteiger partial charge on any atom is 0.119 e. The van der Waals surface area contributed by atoms with E-state index in [0.29, 0.717) is 32.6 Å². The van der Waals surface area contributed by atoms with Crippen molar-refractivity contribution in [1.82, 2.24) is 5.32 Å². The Labute approximate surface area is 114 Å². The molecule has 4 heteroatoms. The molecule has 0 bridgehead atoms. The SMILES string of the molecule is COc1cccc(C(C)NCC2(O)CCOCC2)c1. The summed E-state index contributed by atoms with van der Waals surface area (Å²) in [6, 6.07) is 8.18. The summed E-state index contributed by atoms with van der Waals surface area (Å²) in [4.78, 5) is 0. The summed E-state index contributed by atoms with van der Waals surface area (Å²) >= 11 is 0. The molecular weight excluding hydrogens is 242 g/mol. The van der Waals surface area contributed by atoms with Crippen molar-refractivity contribution in [2.24, 2.45) is 0 Å². The van der Waals surface area contributed by atoms with Gasteiger partial charge in [0.1, 0.15) is 5.75 Å². The molecule has 1 aliphatic heterocycles. The molecule has 1 unspecified atom stereocenters. The molecule has 0 aliphatic carbocycles. The van der Waals surface area contributed by atoms with Crippen LogP contribution in [-0.2, 0) is 4.74 Å². The molecule has 0 spiro atoms. The van der Waals surface area contributed by atoms with Gasteiger partial charge >= 0.3 is 0 Å². The van der Waals surface area contributed by atoms with Crippen LogP contribution >= 0.6 is 0 Å². The predicted octanol–water partition coefficient (Wildman–Crippen LogP) is 1.89. The lowest BCUT2D eigenvalue weighted by Gasteiger charge is -2.33. The summed E-state index contributed by atoms with van der Waals surface area (Å²) in [7, 11) is 1.67. The molecule has 0 saturated carbocycles. The highest BCUT2D eigenvalue weighted by Crippen LogP contribution is 2.22. The van der Waals surface area contributed by atoms with E-state index in [0.717, 1.165) is 11.3 Å². The number of hydrogen-bond acceptors (Lipinski definition) is 4. The predicted molar refractivity (Wildman–Crippen MR) is 74.4 cm³/mol. The first-order valence-corrected chi connectivity index (χ1v) is 6.80. The van der Waals surface area contributed by atoms with Gasteiger partial charge in [-0.15, -0.1) is 0 Å². The Morgan fingerprint density at radius 2 is 2.16 bits per heavy atom. The molecule has 2 rings (SSSR count). The molecule has 1 aromatic rings. The second kappa shape index (κ2) is 6.37. The number of aliphatic hydroxyl groups is 1. The maximum absolute atomic E-state index is 10.4. The van der Waals surface area contributed by atoms with Crippen LogP contribution in [0, 0.1) is 0 Å². The molecule has 0 amide bonds. The first-order chi connectivity index (χ1) is 9.13. The Morgan fingerprint density at radius 3 is 2.84 bits per heavy atom. The van der Waals surface area contributed by atoms with Crippen LogP contribution in [0.15, 0.2) is 24.3 Å². The van der Waals surface area contributed by atoms with Gasteiger partial charge in [0.2, 0.25) is 0 Å². The zero-order valence-corrected chi connectivity index (χ0v) is 11.7. The van der Waals surface area contributed by atoms with Crippen LogP contribution in [-0.4, -0.2) is 37.6 Å². The Hall–Kier alpha value is -1.10. The van der Waals surface area contributed by atoms with Crippen LogP contribution in [0.2, 0.25) is 0 Å². The second-order valence-corrected chi connectivity index (χ2v) is 5.22. The van der Waals surface area contributed by atoms with Crippen molar-refractivity contribution in [2.45, 2.75) is 31.4 Å². The minimum Gasteiger partial charge on any atom is -0.497 e. The molecule has 106 valence electrons. The van der Waals surface area contributed by atoms with E-state index in [1.807, 2.05) is 18.2 Å². The van der Waals surface area contributed by atoms with Crippen molar-refractivity contribution in [3.8, 4) is 5.75 Å².